The third kappa shape index (κ3) is 4.04. The van der Waals surface area contributed by atoms with E-state index in [2.05, 4.69) is 6.92 Å². The molecule has 2 unspecified atom stereocenters. The van der Waals surface area contributed by atoms with Crippen LogP contribution in [0.5, 0.6) is 0 Å². The topological polar surface area (TPSA) is 60.7 Å². The second-order valence-electron chi connectivity index (χ2n) is 6.55. The Morgan fingerprint density at radius 3 is 1.88 bits per heavy atom. The predicted octanol–water partition coefficient (Wildman–Crippen LogP) is 4.54. The van der Waals surface area contributed by atoms with Gasteiger partial charge in [-0.25, -0.2) is 0 Å². The van der Waals surface area contributed by atoms with Gasteiger partial charge in [-0.2, -0.15) is 0 Å². The Hall–Kier alpha value is -1.25. The van der Waals surface area contributed by atoms with E-state index in [1.54, 1.807) is 24.3 Å². The summed E-state index contributed by atoms with van der Waals surface area (Å²) in [7, 11) is -5.08. The first-order valence-electron chi connectivity index (χ1n) is 8.76. The monoisotopic (exact) mass is 348 g/mol. The van der Waals surface area contributed by atoms with Crippen molar-refractivity contribution < 1.29 is 14.7 Å². The molecule has 0 fully saturated rings. The van der Waals surface area contributed by atoms with Gasteiger partial charge in [-0.1, -0.05) is 0 Å². The molecule has 0 radical (unpaired) electrons. The average Bonchev–Trinajstić information content (AvgIpc) is 2.59. The molecule has 0 aliphatic heterocycles. The summed E-state index contributed by atoms with van der Waals surface area (Å²) in [5.74, 6) is 0.00484. The van der Waals surface area contributed by atoms with Gasteiger partial charge in [0.1, 0.15) is 0 Å². The van der Waals surface area contributed by atoms with Gasteiger partial charge in [0.2, 0.25) is 0 Å². The van der Waals surface area contributed by atoms with Gasteiger partial charge < -0.3 is 0 Å². The quantitative estimate of drug-likeness (QED) is 0.614. The molecule has 0 spiro atoms. The van der Waals surface area contributed by atoms with E-state index in [0.717, 1.165) is 31.2 Å². The van der Waals surface area contributed by atoms with Gasteiger partial charge in [-0.15, -0.1) is 0 Å². The summed E-state index contributed by atoms with van der Waals surface area (Å²) in [4.78, 5) is 33.6. The Bertz CT molecular complexity index is 620. The summed E-state index contributed by atoms with van der Waals surface area (Å²) >= 11 is 0. The fourth-order valence-corrected chi connectivity index (χ4v) is 6.43. The minimum absolute atomic E-state index is 0.00484. The molecule has 0 saturated carbocycles. The number of rotatable bonds is 8. The normalized spacial score (nSPS) is 16.1. The summed E-state index contributed by atoms with van der Waals surface area (Å²) in [5, 5.41) is 0.229. The van der Waals surface area contributed by atoms with E-state index in [1.165, 1.54) is 0 Å². The first-order valence-corrected chi connectivity index (χ1v) is 10.9. The second-order valence-corrected chi connectivity index (χ2v) is 9.71. The molecule has 0 heterocycles. The molecule has 2 aromatic carbocycles. The zero-order valence-corrected chi connectivity index (χ0v) is 15.4. The molecule has 3 N–H and O–H groups in total. The van der Waals surface area contributed by atoms with Crippen LogP contribution >= 0.6 is 7.28 Å². The Morgan fingerprint density at radius 1 is 0.833 bits per heavy atom. The number of hydrogen-bond donors (Lipinski definition) is 3. The van der Waals surface area contributed by atoms with Crippen LogP contribution in [0.4, 0.5) is 0 Å². The fraction of sp³-hybridized carbons (Fsp3) is 0.400. The van der Waals surface area contributed by atoms with Crippen molar-refractivity contribution in [3.63, 3.8) is 0 Å². The fourth-order valence-electron chi connectivity index (χ4n) is 3.51. The van der Waals surface area contributed by atoms with E-state index in [9.17, 15) is 14.7 Å². The number of unbranched alkanes of at least 4 members (excludes halogenated alkanes) is 1. The van der Waals surface area contributed by atoms with E-state index in [1.807, 2.05) is 43.3 Å². The van der Waals surface area contributed by atoms with Crippen molar-refractivity contribution in [3.05, 3.63) is 66.2 Å². The Morgan fingerprint density at radius 2 is 1.38 bits per heavy atom. The van der Waals surface area contributed by atoms with Gasteiger partial charge in [0.15, 0.2) is 0 Å². The van der Waals surface area contributed by atoms with Crippen LogP contribution in [0, 0.1) is 5.92 Å². The van der Waals surface area contributed by atoms with Crippen molar-refractivity contribution in [3.8, 4) is 0 Å². The molecule has 2 atom stereocenters. The molecule has 132 valence electrons. The molecule has 24 heavy (non-hydrogen) atoms. The zero-order valence-electron chi connectivity index (χ0n) is 14.5. The summed E-state index contributed by atoms with van der Waals surface area (Å²) < 4.78 is 0. The molecular formula is C20H29O3P. The molecule has 0 bridgehead atoms. The van der Waals surface area contributed by atoms with Gasteiger partial charge in [0.05, 0.1) is 0 Å². The van der Waals surface area contributed by atoms with E-state index >= 15 is 0 Å². The van der Waals surface area contributed by atoms with Crippen LogP contribution in [-0.2, 0) is 0 Å². The summed E-state index contributed by atoms with van der Waals surface area (Å²) in [6, 6.07) is 17.9. The molecule has 4 heteroatoms. The molecule has 0 aliphatic rings. The first-order chi connectivity index (χ1) is 11.4. The zero-order chi connectivity index (χ0) is 17.7. The number of benzene rings is 2. The first kappa shape index (κ1) is 19.1. The van der Waals surface area contributed by atoms with Crippen molar-refractivity contribution in [2.75, 3.05) is 0 Å². The van der Waals surface area contributed by atoms with Crippen molar-refractivity contribution in [2.24, 2.45) is 5.92 Å². The molecule has 2 aromatic rings. The second kappa shape index (κ2) is 7.76. The van der Waals surface area contributed by atoms with Gasteiger partial charge >= 0.3 is 145 Å². The Labute approximate surface area is 145 Å². The molecule has 0 saturated heterocycles. The standard InChI is InChI=1S/C20H29O3P/c1-3-5-12-17(4-2)20(18-13-8-6-9-14-18)24(21,22,23)19-15-10-7-11-16-19/h6-11,13-17,20-23H,3-5,12H2,1-2H3. The van der Waals surface area contributed by atoms with Crippen LogP contribution in [0.2, 0.25) is 0 Å². The molecule has 0 aromatic heterocycles. The van der Waals surface area contributed by atoms with Crippen LogP contribution in [-0.4, -0.2) is 14.7 Å². The van der Waals surface area contributed by atoms with E-state index in [0.29, 0.717) is 0 Å². The third-order valence-corrected chi connectivity index (χ3v) is 7.84. The predicted molar refractivity (Wildman–Crippen MR) is 102 cm³/mol. The summed E-state index contributed by atoms with van der Waals surface area (Å²) in [6.45, 7) is 4.17. The van der Waals surface area contributed by atoms with E-state index < -0.39 is 12.9 Å². The van der Waals surface area contributed by atoms with Gasteiger partial charge in [0, 0.05) is 0 Å². The Kier molecular flexibility index (Phi) is 6.17. The van der Waals surface area contributed by atoms with Gasteiger partial charge in [0.25, 0.3) is 0 Å². The van der Waals surface area contributed by atoms with Crippen LogP contribution in [0.15, 0.2) is 60.7 Å². The molecule has 2 rings (SSSR count). The molecule has 3 nitrogen and oxygen atoms in total. The summed E-state index contributed by atoms with van der Waals surface area (Å²) in [6.07, 6.45) is 3.69. The molecule has 0 aliphatic carbocycles. The minimum atomic E-state index is -5.08. The molecular weight excluding hydrogens is 319 g/mol. The maximum absolute atomic E-state index is 11.2. The number of hydrogen-bond acceptors (Lipinski definition) is 3. The van der Waals surface area contributed by atoms with E-state index in [4.69, 9.17) is 0 Å². The summed E-state index contributed by atoms with van der Waals surface area (Å²) in [5.41, 5.74) is 0.0885. The van der Waals surface area contributed by atoms with Crippen LogP contribution in [0.1, 0.15) is 50.8 Å². The van der Waals surface area contributed by atoms with Crippen molar-refractivity contribution >= 4 is 12.6 Å². The maximum atomic E-state index is 11.2. The van der Waals surface area contributed by atoms with Crippen molar-refractivity contribution in [1.29, 1.82) is 0 Å². The average molecular weight is 348 g/mol. The Balaban J connectivity index is 2.56. The van der Waals surface area contributed by atoms with Crippen molar-refractivity contribution in [1.82, 2.24) is 0 Å². The molecule has 0 amide bonds. The van der Waals surface area contributed by atoms with Gasteiger partial charge in [-0.3, -0.25) is 0 Å². The third-order valence-electron chi connectivity index (χ3n) is 4.80. The van der Waals surface area contributed by atoms with Crippen LogP contribution in [0.3, 0.4) is 0 Å². The van der Waals surface area contributed by atoms with Crippen LogP contribution in [0.25, 0.3) is 0 Å². The SMILES string of the molecule is CCCCC(CC)C(c1ccccc1)P(O)(O)(O)c1ccccc1. The van der Waals surface area contributed by atoms with E-state index in [-0.39, 0.29) is 11.2 Å². The van der Waals surface area contributed by atoms with Crippen LogP contribution < -0.4 is 5.30 Å². The van der Waals surface area contributed by atoms with Gasteiger partial charge in [-0.05, 0) is 0 Å². The van der Waals surface area contributed by atoms with Crippen molar-refractivity contribution in [2.45, 2.75) is 45.2 Å².